The van der Waals surface area contributed by atoms with Crippen molar-refractivity contribution in [2.75, 3.05) is 17.1 Å². The van der Waals surface area contributed by atoms with Crippen molar-refractivity contribution >= 4 is 27.5 Å². The predicted molar refractivity (Wildman–Crippen MR) is 137 cm³/mol. The average Bonchev–Trinajstić information content (AvgIpc) is 2.77. The Bertz CT molecular complexity index is 1070. The molecular weight excluding hydrogens is 450 g/mol. The molecule has 7 nitrogen and oxygen atoms in total. The van der Waals surface area contributed by atoms with Crippen LogP contribution in [-0.2, 0) is 26.2 Å². The van der Waals surface area contributed by atoms with Crippen LogP contribution in [-0.4, -0.2) is 50.0 Å². The van der Waals surface area contributed by atoms with E-state index in [1.54, 1.807) is 0 Å². The molecule has 0 saturated heterocycles. The lowest BCUT2D eigenvalue weighted by Crippen LogP contribution is -2.53. The number of carbonyl (C=O) groups is 2. The van der Waals surface area contributed by atoms with Gasteiger partial charge in [-0.1, -0.05) is 62.4 Å². The molecule has 8 heteroatoms. The third-order valence-electron chi connectivity index (χ3n) is 5.95. The van der Waals surface area contributed by atoms with Crippen LogP contribution in [0.5, 0.6) is 0 Å². The second-order valence-corrected chi connectivity index (χ2v) is 10.7. The second kappa shape index (κ2) is 12.0. The number of hydrogen-bond donors (Lipinski definition) is 1. The van der Waals surface area contributed by atoms with E-state index in [-0.39, 0.29) is 25.0 Å². The molecule has 0 aliphatic heterocycles. The Morgan fingerprint density at radius 1 is 0.941 bits per heavy atom. The molecule has 0 bridgehead atoms. The summed E-state index contributed by atoms with van der Waals surface area (Å²) in [7, 11) is -3.75. The first-order valence-electron chi connectivity index (χ1n) is 11.7. The summed E-state index contributed by atoms with van der Waals surface area (Å²) >= 11 is 0. The fraction of sp³-hybridized carbons (Fsp3) is 0.462. The largest absolute Gasteiger partial charge is 0.352 e. The Morgan fingerprint density at radius 2 is 1.53 bits per heavy atom. The van der Waals surface area contributed by atoms with Gasteiger partial charge in [0.1, 0.15) is 12.6 Å². The molecule has 1 N–H and O–H groups in total. The minimum atomic E-state index is -3.75. The number of carbonyl (C=O) groups excluding carboxylic acids is 2. The standard InChI is InChI=1S/C26H37N3O4S/c1-7-21(5)27-26(31)23(8-2)28(17-22-15-10-9-11-16-22)24(30)18-29(34(6,32)33)25-19(3)13-12-14-20(25)4/h9-16,21,23H,7-8,17-18H2,1-6H3,(H,27,31). The summed E-state index contributed by atoms with van der Waals surface area (Å²) < 4.78 is 26.7. The third-order valence-corrected chi connectivity index (χ3v) is 7.06. The number of nitrogens with zero attached hydrogens (tertiary/aromatic N) is 2. The number of amides is 2. The number of nitrogens with one attached hydrogen (secondary N) is 1. The summed E-state index contributed by atoms with van der Waals surface area (Å²) in [5.41, 5.74) is 2.88. The Morgan fingerprint density at radius 3 is 2.03 bits per heavy atom. The summed E-state index contributed by atoms with van der Waals surface area (Å²) in [6, 6.07) is 14.1. The SMILES string of the molecule is CCC(C)NC(=O)C(CC)N(Cc1ccccc1)C(=O)CN(c1c(C)cccc1C)S(C)(=O)=O. The van der Waals surface area contributed by atoms with E-state index in [2.05, 4.69) is 5.32 Å². The number of aryl methyl sites for hydroxylation is 2. The van der Waals surface area contributed by atoms with Crippen LogP contribution in [0.2, 0.25) is 0 Å². The first kappa shape index (κ1) is 27.4. The molecule has 2 atom stereocenters. The highest BCUT2D eigenvalue weighted by atomic mass is 32.2. The normalized spacial score (nSPS) is 13.1. The van der Waals surface area contributed by atoms with Crippen LogP contribution in [0, 0.1) is 13.8 Å². The van der Waals surface area contributed by atoms with Crippen LogP contribution >= 0.6 is 0 Å². The number of para-hydroxylation sites is 1. The van der Waals surface area contributed by atoms with Crippen LogP contribution in [0.25, 0.3) is 0 Å². The number of benzene rings is 2. The van der Waals surface area contributed by atoms with E-state index in [0.717, 1.165) is 33.7 Å². The van der Waals surface area contributed by atoms with Gasteiger partial charge in [0.2, 0.25) is 21.8 Å². The van der Waals surface area contributed by atoms with E-state index >= 15 is 0 Å². The van der Waals surface area contributed by atoms with Gasteiger partial charge in [-0.25, -0.2) is 8.42 Å². The number of rotatable bonds is 11. The molecule has 34 heavy (non-hydrogen) atoms. The Labute approximate surface area is 204 Å². The molecule has 0 saturated carbocycles. The molecule has 2 aromatic rings. The van der Waals surface area contributed by atoms with Gasteiger partial charge in [0.05, 0.1) is 11.9 Å². The summed E-state index contributed by atoms with van der Waals surface area (Å²) in [5.74, 6) is -0.665. The maximum absolute atomic E-state index is 13.7. The van der Waals surface area contributed by atoms with E-state index in [1.807, 2.05) is 83.1 Å². The molecule has 2 rings (SSSR count). The smallest absolute Gasteiger partial charge is 0.244 e. The fourth-order valence-corrected chi connectivity index (χ4v) is 4.88. The van der Waals surface area contributed by atoms with Crippen molar-refractivity contribution in [3.8, 4) is 0 Å². The van der Waals surface area contributed by atoms with Crippen molar-refractivity contribution in [2.24, 2.45) is 0 Å². The molecule has 0 radical (unpaired) electrons. The molecule has 2 unspecified atom stereocenters. The van der Waals surface area contributed by atoms with Gasteiger partial charge in [-0.2, -0.15) is 0 Å². The van der Waals surface area contributed by atoms with E-state index in [9.17, 15) is 18.0 Å². The van der Waals surface area contributed by atoms with Crippen molar-refractivity contribution in [3.05, 3.63) is 65.2 Å². The highest BCUT2D eigenvalue weighted by Gasteiger charge is 2.32. The van der Waals surface area contributed by atoms with E-state index in [0.29, 0.717) is 12.1 Å². The minimum absolute atomic E-state index is 0.0302. The zero-order chi connectivity index (χ0) is 25.5. The van der Waals surface area contributed by atoms with Crippen LogP contribution in [0.15, 0.2) is 48.5 Å². The molecule has 186 valence electrons. The number of anilines is 1. The fourth-order valence-electron chi connectivity index (χ4n) is 3.92. The number of sulfonamides is 1. The van der Waals surface area contributed by atoms with Gasteiger partial charge in [0, 0.05) is 12.6 Å². The van der Waals surface area contributed by atoms with E-state index in [1.165, 1.54) is 4.90 Å². The lowest BCUT2D eigenvalue weighted by Gasteiger charge is -2.34. The summed E-state index contributed by atoms with van der Waals surface area (Å²) in [5, 5.41) is 2.97. The summed E-state index contributed by atoms with van der Waals surface area (Å²) in [4.78, 5) is 28.3. The minimum Gasteiger partial charge on any atom is -0.352 e. The van der Waals surface area contributed by atoms with Gasteiger partial charge in [0.15, 0.2) is 0 Å². The first-order chi connectivity index (χ1) is 16.0. The highest BCUT2D eigenvalue weighted by molar-refractivity contribution is 7.92. The maximum Gasteiger partial charge on any atom is 0.244 e. The molecule has 0 aliphatic carbocycles. The van der Waals surface area contributed by atoms with E-state index < -0.39 is 22.0 Å². The Hall–Kier alpha value is -2.87. The first-order valence-corrected chi connectivity index (χ1v) is 13.5. The van der Waals surface area contributed by atoms with Gasteiger partial charge in [-0.15, -0.1) is 0 Å². The van der Waals surface area contributed by atoms with Crippen LogP contribution in [0.4, 0.5) is 5.69 Å². The van der Waals surface area contributed by atoms with Gasteiger partial charge in [-0.3, -0.25) is 13.9 Å². The van der Waals surface area contributed by atoms with Crippen molar-refractivity contribution in [1.29, 1.82) is 0 Å². The quantitative estimate of drug-likeness (QED) is 0.522. The molecular formula is C26H37N3O4S. The summed E-state index contributed by atoms with van der Waals surface area (Å²) in [6.07, 6.45) is 2.27. The lowest BCUT2D eigenvalue weighted by molar-refractivity contribution is -0.140. The zero-order valence-corrected chi connectivity index (χ0v) is 21.9. The second-order valence-electron chi connectivity index (χ2n) is 8.76. The van der Waals surface area contributed by atoms with Crippen LogP contribution in [0.3, 0.4) is 0 Å². The molecule has 2 amide bonds. The highest BCUT2D eigenvalue weighted by Crippen LogP contribution is 2.27. The van der Waals surface area contributed by atoms with Gasteiger partial charge < -0.3 is 10.2 Å². The van der Waals surface area contributed by atoms with Crippen LogP contribution < -0.4 is 9.62 Å². The predicted octanol–water partition coefficient (Wildman–Crippen LogP) is 3.79. The average molecular weight is 488 g/mol. The third kappa shape index (κ3) is 7.06. The summed E-state index contributed by atoms with van der Waals surface area (Å²) in [6.45, 7) is 9.21. The number of hydrogen-bond acceptors (Lipinski definition) is 4. The van der Waals surface area contributed by atoms with Gasteiger partial charge in [0.25, 0.3) is 0 Å². The zero-order valence-electron chi connectivity index (χ0n) is 21.0. The van der Waals surface area contributed by atoms with Crippen LogP contribution in [0.1, 0.15) is 50.3 Å². The molecule has 0 heterocycles. The Balaban J connectivity index is 2.47. The molecule has 0 aromatic heterocycles. The van der Waals surface area contributed by atoms with Crippen molar-refractivity contribution in [2.45, 2.75) is 66.1 Å². The van der Waals surface area contributed by atoms with E-state index in [4.69, 9.17) is 0 Å². The monoisotopic (exact) mass is 487 g/mol. The van der Waals surface area contributed by atoms with Crippen molar-refractivity contribution in [1.82, 2.24) is 10.2 Å². The molecule has 0 fully saturated rings. The van der Waals surface area contributed by atoms with Crippen molar-refractivity contribution in [3.63, 3.8) is 0 Å². The van der Waals surface area contributed by atoms with Gasteiger partial charge in [-0.05, 0) is 50.3 Å². The molecule has 2 aromatic carbocycles. The molecule has 0 aliphatic rings. The molecule has 0 spiro atoms. The lowest BCUT2D eigenvalue weighted by atomic mass is 10.1. The van der Waals surface area contributed by atoms with Gasteiger partial charge >= 0.3 is 0 Å². The maximum atomic E-state index is 13.7. The topological polar surface area (TPSA) is 86.8 Å². The van der Waals surface area contributed by atoms with Crippen molar-refractivity contribution < 1.29 is 18.0 Å². The Kier molecular flexibility index (Phi) is 9.67.